The van der Waals surface area contributed by atoms with E-state index in [0.717, 1.165) is 36.8 Å². The van der Waals surface area contributed by atoms with Crippen LogP contribution in [0.1, 0.15) is 76.2 Å². The van der Waals surface area contributed by atoms with Crippen LogP contribution in [0.3, 0.4) is 0 Å². The van der Waals surface area contributed by atoms with Crippen molar-refractivity contribution in [1.29, 1.82) is 0 Å². The first-order valence-electron chi connectivity index (χ1n) is 10.6. The van der Waals surface area contributed by atoms with Crippen molar-refractivity contribution in [3.05, 3.63) is 50.4 Å². The van der Waals surface area contributed by atoms with E-state index in [1.807, 2.05) is 39.8 Å². The fourth-order valence-electron chi connectivity index (χ4n) is 4.16. The van der Waals surface area contributed by atoms with Crippen molar-refractivity contribution >= 4 is 11.0 Å². The number of fused-ring (bicyclic) bond motifs is 1. The van der Waals surface area contributed by atoms with E-state index >= 15 is 0 Å². The van der Waals surface area contributed by atoms with Gasteiger partial charge in [-0.05, 0) is 53.4 Å². The van der Waals surface area contributed by atoms with Crippen LogP contribution in [0.4, 0.5) is 0 Å². The Kier molecular flexibility index (Phi) is 6.59. The minimum atomic E-state index is -0.380. The van der Waals surface area contributed by atoms with Crippen LogP contribution in [0.2, 0.25) is 0 Å². The van der Waals surface area contributed by atoms with Crippen molar-refractivity contribution in [2.45, 2.75) is 72.1 Å². The summed E-state index contributed by atoms with van der Waals surface area (Å²) in [6.07, 6.45) is 8.66. The fourth-order valence-corrected chi connectivity index (χ4v) is 4.16. The van der Waals surface area contributed by atoms with E-state index in [4.69, 9.17) is 9.15 Å². The first kappa shape index (κ1) is 22.0. The average Bonchev–Trinajstić information content (AvgIpc) is 3.21. The van der Waals surface area contributed by atoms with Crippen molar-refractivity contribution < 1.29 is 19.4 Å². The van der Waals surface area contributed by atoms with Crippen LogP contribution in [0, 0.1) is 0 Å². The van der Waals surface area contributed by atoms with Gasteiger partial charge in [-0.15, -0.1) is 0 Å². The number of ether oxygens (including phenoxy) is 1. The highest BCUT2D eigenvalue weighted by molar-refractivity contribution is 5.91. The molecule has 0 spiro atoms. The molecule has 5 heteroatoms. The van der Waals surface area contributed by atoms with Crippen LogP contribution in [0.15, 0.2) is 32.5 Å². The molecular weight excluding hydrogens is 380 g/mol. The van der Waals surface area contributed by atoms with Gasteiger partial charge in [-0.3, -0.25) is 4.79 Å². The Balaban J connectivity index is 2.39. The predicted octanol–water partition coefficient (Wildman–Crippen LogP) is 5.89. The van der Waals surface area contributed by atoms with Crippen molar-refractivity contribution in [2.75, 3.05) is 7.11 Å². The van der Waals surface area contributed by atoms with Crippen molar-refractivity contribution in [3.63, 3.8) is 0 Å². The Morgan fingerprint density at radius 2 is 1.57 bits per heavy atom. The van der Waals surface area contributed by atoms with E-state index in [1.54, 1.807) is 0 Å². The molecule has 3 rings (SSSR count). The molecule has 1 heterocycles. The third kappa shape index (κ3) is 4.11. The highest BCUT2D eigenvalue weighted by atomic mass is 16.5. The lowest BCUT2D eigenvalue weighted by Crippen LogP contribution is -2.13. The quantitative estimate of drug-likeness (QED) is 0.579. The van der Waals surface area contributed by atoms with Crippen molar-refractivity contribution in [2.24, 2.45) is 0 Å². The third-order valence-electron chi connectivity index (χ3n) is 5.82. The minimum Gasteiger partial charge on any atom is -0.507 e. The van der Waals surface area contributed by atoms with Gasteiger partial charge < -0.3 is 19.4 Å². The maximum atomic E-state index is 13.4. The van der Waals surface area contributed by atoms with Gasteiger partial charge >= 0.3 is 0 Å². The first-order chi connectivity index (χ1) is 14.3. The zero-order chi connectivity index (χ0) is 22.0. The molecule has 0 radical (unpaired) electrons. The van der Waals surface area contributed by atoms with E-state index in [9.17, 15) is 15.0 Å². The second kappa shape index (κ2) is 8.99. The van der Waals surface area contributed by atoms with E-state index in [-0.39, 0.29) is 39.6 Å². The van der Waals surface area contributed by atoms with Crippen molar-refractivity contribution in [1.82, 2.24) is 0 Å². The lowest BCUT2D eigenvalue weighted by atomic mass is 9.95. The van der Waals surface area contributed by atoms with Gasteiger partial charge in [0.25, 0.3) is 0 Å². The molecule has 0 saturated heterocycles. The Hall–Kier alpha value is -2.69. The summed E-state index contributed by atoms with van der Waals surface area (Å²) in [6.45, 7) is 7.86. The number of phenols is 2. The predicted molar refractivity (Wildman–Crippen MR) is 120 cm³/mol. The summed E-state index contributed by atoms with van der Waals surface area (Å²) in [5.74, 6) is 0.563. The molecular formula is C25H32O5. The lowest BCUT2D eigenvalue weighted by molar-refractivity contribution is 0.362. The van der Waals surface area contributed by atoms with E-state index in [2.05, 4.69) is 0 Å². The highest BCUT2D eigenvalue weighted by Crippen LogP contribution is 2.44. The smallest absolute Gasteiger partial charge is 0.238 e. The summed E-state index contributed by atoms with van der Waals surface area (Å²) in [5.41, 5.74) is 2.89. The van der Waals surface area contributed by atoms with E-state index < -0.39 is 0 Å². The number of phenolic OH excluding ortho intramolecular Hbond substituents is 2. The Bertz CT molecular complexity index is 1060. The highest BCUT2D eigenvalue weighted by Gasteiger charge is 2.30. The molecule has 1 aliphatic carbocycles. The van der Waals surface area contributed by atoms with Crippen molar-refractivity contribution in [3.8, 4) is 17.2 Å². The largest absolute Gasteiger partial charge is 0.507 e. The lowest BCUT2D eigenvalue weighted by Gasteiger charge is -2.18. The number of rotatable bonds is 6. The third-order valence-corrected chi connectivity index (χ3v) is 5.82. The van der Waals surface area contributed by atoms with Crippen LogP contribution >= 0.6 is 0 Å². The Labute approximate surface area is 177 Å². The Morgan fingerprint density at radius 1 is 1.00 bits per heavy atom. The molecule has 0 atom stereocenters. The second-order valence-corrected chi connectivity index (χ2v) is 8.64. The van der Waals surface area contributed by atoms with E-state index in [1.165, 1.54) is 7.11 Å². The summed E-state index contributed by atoms with van der Waals surface area (Å²) in [5, 5.41) is 22.1. The van der Waals surface area contributed by atoms with E-state index in [0.29, 0.717) is 29.7 Å². The Morgan fingerprint density at radius 3 is 2.10 bits per heavy atom. The molecule has 0 amide bonds. The van der Waals surface area contributed by atoms with Gasteiger partial charge in [0.15, 0.2) is 5.76 Å². The molecule has 2 aromatic rings. The number of methoxy groups -OCH3 is 1. The standard InChI is InChI=1S/C25H32O5/c1-14(2)10-12-17-20(26)18(13-11-15(3)4)24-19(21(17)27)22(28)25(29-5)23(30-24)16-8-6-7-9-16/h10-11,16,26-27H,6-9,12-13H2,1-5H3. The molecule has 0 bridgehead atoms. The van der Waals surface area contributed by atoms with Crippen LogP contribution in [-0.4, -0.2) is 17.3 Å². The van der Waals surface area contributed by atoms with Gasteiger partial charge in [-0.2, -0.15) is 0 Å². The maximum absolute atomic E-state index is 13.4. The van der Waals surface area contributed by atoms with Crippen LogP contribution in [0.25, 0.3) is 11.0 Å². The number of hydrogen-bond acceptors (Lipinski definition) is 5. The fraction of sp³-hybridized carbons (Fsp3) is 0.480. The van der Waals surface area contributed by atoms with Gasteiger partial charge in [0.1, 0.15) is 22.5 Å². The van der Waals surface area contributed by atoms with Gasteiger partial charge in [0.05, 0.1) is 7.11 Å². The molecule has 1 aliphatic rings. The molecule has 1 saturated carbocycles. The summed E-state index contributed by atoms with van der Waals surface area (Å²) < 4.78 is 11.7. The molecule has 2 N–H and O–H groups in total. The van der Waals surface area contributed by atoms with Gasteiger partial charge in [-0.1, -0.05) is 36.1 Å². The zero-order valence-electron chi connectivity index (χ0n) is 18.6. The molecule has 1 aromatic heterocycles. The normalized spacial score (nSPS) is 14.2. The topological polar surface area (TPSA) is 79.9 Å². The van der Waals surface area contributed by atoms with Crippen LogP contribution < -0.4 is 10.2 Å². The van der Waals surface area contributed by atoms with Gasteiger partial charge in [0, 0.05) is 17.0 Å². The molecule has 0 unspecified atom stereocenters. The zero-order valence-corrected chi connectivity index (χ0v) is 18.6. The SMILES string of the molecule is COc1c(C2CCCC2)oc2c(CC=C(C)C)c(O)c(CC=C(C)C)c(O)c2c1=O. The number of allylic oxidation sites excluding steroid dienone is 4. The summed E-state index contributed by atoms with van der Waals surface area (Å²) in [4.78, 5) is 13.4. The molecule has 1 fully saturated rings. The summed E-state index contributed by atoms with van der Waals surface area (Å²) in [6, 6.07) is 0. The maximum Gasteiger partial charge on any atom is 0.238 e. The summed E-state index contributed by atoms with van der Waals surface area (Å²) >= 11 is 0. The number of benzene rings is 1. The number of aromatic hydroxyl groups is 2. The molecule has 162 valence electrons. The van der Waals surface area contributed by atoms with Crippen LogP contribution in [0.5, 0.6) is 17.2 Å². The van der Waals surface area contributed by atoms with Crippen LogP contribution in [-0.2, 0) is 12.8 Å². The molecule has 0 aliphatic heterocycles. The summed E-state index contributed by atoms with van der Waals surface area (Å²) in [7, 11) is 1.46. The number of hydrogen-bond donors (Lipinski definition) is 2. The molecule has 1 aromatic carbocycles. The monoisotopic (exact) mass is 412 g/mol. The average molecular weight is 413 g/mol. The first-order valence-corrected chi connectivity index (χ1v) is 10.6. The minimum absolute atomic E-state index is 0.0133. The molecule has 30 heavy (non-hydrogen) atoms. The molecule has 5 nitrogen and oxygen atoms in total. The van der Waals surface area contributed by atoms with Gasteiger partial charge in [0.2, 0.25) is 11.2 Å². The second-order valence-electron chi connectivity index (χ2n) is 8.64. The van der Waals surface area contributed by atoms with Gasteiger partial charge in [-0.25, -0.2) is 0 Å².